The van der Waals surface area contributed by atoms with Crippen LogP contribution in [0.3, 0.4) is 0 Å². The van der Waals surface area contributed by atoms with E-state index in [4.69, 9.17) is 4.74 Å². The maximum atomic E-state index is 5.93. The predicted molar refractivity (Wildman–Crippen MR) is 84.8 cm³/mol. The van der Waals surface area contributed by atoms with Crippen LogP contribution in [0.2, 0.25) is 0 Å². The molecule has 0 fully saturated rings. The van der Waals surface area contributed by atoms with Gasteiger partial charge >= 0.3 is 0 Å². The largest absolute Gasteiger partial charge is 0.489 e. The van der Waals surface area contributed by atoms with Gasteiger partial charge in [-0.15, -0.1) is 0 Å². The first kappa shape index (κ1) is 15.0. The highest BCUT2D eigenvalue weighted by atomic mass is 79.9. The monoisotopic (exact) mass is 334 g/mol. The van der Waals surface area contributed by atoms with Crippen LogP contribution in [0, 0.1) is 6.92 Å². The van der Waals surface area contributed by atoms with Crippen molar-refractivity contribution in [3.05, 3.63) is 57.8 Å². The molecule has 4 heteroatoms. The topological polar surface area (TPSA) is 34.1 Å². The van der Waals surface area contributed by atoms with E-state index in [1.54, 1.807) is 0 Å². The van der Waals surface area contributed by atoms with Crippen molar-refractivity contribution in [2.24, 2.45) is 0 Å². The number of aromatic nitrogens is 1. The fourth-order valence-corrected chi connectivity index (χ4v) is 2.35. The Morgan fingerprint density at radius 3 is 2.85 bits per heavy atom. The lowest BCUT2D eigenvalue weighted by molar-refractivity contribution is 0.301. The number of rotatable bonds is 6. The minimum absolute atomic E-state index is 0.537. The molecule has 0 radical (unpaired) electrons. The Kier molecular flexibility index (Phi) is 5.56. The maximum Gasteiger partial charge on any atom is 0.124 e. The van der Waals surface area contributed by atoms with Crippen molar-refractivity contribution in [3.63, 3.8) is 0 Å². The molecular formula is C16H19BrN2O. The van der Waals surface area contributed by atoms with Crippen molar-refractivity contribution in [1.82, 2.24) is 10.3 Å². The highest BCUT2D eigenvalue weighted by Gasteiger charge is 2.05. The molecule has 0 amide bonds. The molecule has 1 aromatic heterocycles. The number of benzene rings is 1. The van der Waals surface area contributed by atoms with E-state index < -0.39 is 0 Å². The first-order valence-corrected chi connectivity index (χ1v) is 7.51. The van der Waals surface area contributed by atoms with E-state index in [9.17, 15) is 0 Å². The molecule has 0 aliphatic rings. The highest BCUT2D eigenvalue weighted by molar-refractivity contribution is 9.10. The zero-order chi connectivity index (χ0) is 14.4. The molecule has 0 aliphatic carbocycles. The quantitative estimate of drug-likeness (QED) is 0.871. The molecule has 1 N–H and O–H groups in total. The van der Waals surface area contributed by atoms with Gasteiger partial charge in [0.15, 0.2) is 0 Å². The lowest BCUT2D eigenvalue weighted by atomic mass is 10.2. The van der Waals surface area contributed by atoms with Gasteiger partial charge in [0.1, 0.15) is 12.4 Å². The van der Waals surface area contributed by atoms with Gasteiger partial charge in [0.2, 0.25) is 0 Å². The molecule has 2 rings (SSSR count). The number of hydrogen-bond acceptors (Lipinski definition) is 3. The lowest BCUT2D eigenvalue weighted by Gasteiger charge is -2.12. The number of aryl methyl sites for hydroxylation is 1. The first-order valence-electron chi connectivity index (χ1n) is 6.71. The summed E-state index contributed by atoms with van der Waals surface area (Å²) in [4.78, 5) is 4.18. The van der Waals surface area contributed by atoms with E-state index in [0.29, 0.717) is 6.61 Å². The highest BCUT2D eigenvalue weighted by Crippen LogP contribution is 2.24. The van der Waals surface area contributed by atoms with Crippen LogP contribution < -0.4 is 10.1 Å². The SMILES string of the molecule is CCNCc1cc(Br)ccc1OCc1cncc(C)c1. The molecule has 1 aromatic carbocycles. The zero-order valence-corrected chi connectivity index (χ0v) is 13.4. The smallest absolute Gasteiger partial charge is 0.124 e. The molecule has 20 heavy (non-hydrogen) atoms. The fraction of sp³-hybridized carbons (Fsp3) is 0.312. The number of pyridine rings is 1. The zero-order valence-electron chi connectivity index (χ0n) is 11.8. The van der Waals surface area contributed by atoms with Crippen molar-refractivity contribution in [2.45, 2.75) is 27.0 Å². The Morgan fingerprint density at radius 2 is 2.10 bits per heavy atom. The Bertz CT molecular complexity index is 572. The van der Waals surface area contributed by atoms with E-state index in [-0.39, 0.29) is 0 Å². The number of nitrogens with one attached hydrogen (secondary N) is 1. The van der Waals surface area contributed by atoms with Crippen molar-refractivity contribution in [2.75, 3.05) is 6.54 Å². The standard InChI is InChI=1S/C16H19BrN2O/c1-3-18-10-14-7-15(17)4-5-16(14)20-11-13-6-12(2)8-19-9-13/h4-9,18H,3,10-11H2,1-2H3. The second-order valence-corrected chi connectivity index (χ2v) is 5.61. The molecular weight excluding hydrogens is 316 g/mol. The van der Waals surface area contributed by atoms with Crippen LogP contribution in [0.15, 0.2) is 41.1 Å². The van der Waals surface area contributed by atoms with Crippen LogP contribution in [-0.2, 0) is 13.2 Å². The molecule has 2 aromatic rings. The molecule has 106 valence electrons. The third-order valence-electron chi connectivity index (χ3n) is 2.91. The number of hydrogen-bond donors (Lipinski definition) is 1. The van der Waals surface area contributed by atoms with E-state index in [0.717, 1.165) is 40.0 Å². The van der Waals surface area contributed by atoms with Gasteiger partial charge in [-0.05, 0) is 43.3 Å². The summed E-state index contributed by atoms with van der Waals surface area (Å²) < 4.78 is 6.99. The Balaban J connectivity index is 2.08. The van der Waals surface area contributed by atoms with Crippen molar-refractivity contribution >= 4 is 15.9 Å². The Morgan fingerprint density at radius 1 is 1.25 bits per heavy atom. The molecule has 0 spiro atoms. The normalized spacial score (nSPS) is 10.6. The predicted octanol–water partition coefficient (Wildman–Crippen LogP) is 3.84. The molecule has 1 heterocycles. The van der Waals surface area contributed by atoms with Gasteiger partial charge in [0.25, 0.3) is 0 Å². The van der Waals surface area contributed by atoms with Crippen LogP contribution in [0.5, 0.6) is 5.75 Å². The number of halogens is 1. The van der Waals surface area contributed by atoms with Crippen molar-refractivity contribution < 1.29 is 4.74 Å². The molecule has 0 bridgehead atoms. The summed E-state index contributed by atoms with van der Waals surface area (Å²) >= 11 is 3.50. The maximum absolute atomic E-state index is 5.93. The van der Waals surface area contributed by atoms with Gasteiger partial charge in [-0.3, -0.25) is 4.98 Å². The van der Waals surface area contributed by atoms with Gasteiger partial charge in [-0.1, -0.05) is 22.9 Å². The Labute approximate surface area is 128 Å². The summed E-state index contributed by atoms with van der Waals surface area (Å²) in [5.41, 5.74) is 3.39. The van der Waals surface area contributed by atoms with Gasteiger partial charge in [0.05, 0.1) is 0 Å². The van der Waals surface area contributed by atoms with Crippen LogP contribution in [0.4, 0.5) is 0 Å². The van der Waals surface area contributed by atoms with E-state index in [2.05, 4.69) is 45.3 Å². The molecule has 0 atom stereocenters. The summed E-state index contributed by atoms with van der Waals surface area (Å²) in [6.45, 7) is 6.41. The molecule has 0 unspecified atom stereocenters. The fourth-order valence-electron chi connectivity index (χ4n) is 1.94. The molecule has 3 nitrogen and oxygen atoms in total. The van der Waals surface area contributed by atoms with Gasteiger partial charge in [-0.25, -0.2) is 0 Å². The summed E-state index contributed by atoms with van der Waals surface area (Å²) in [6.07, 6.45) is 3.69. The van der Waals surface area contributed by atoms with Crippen LogP contribution in [-0.4, -0.2) is 11.5 Å². The van der Waals surface area contributed by atoms with Gasteiger partial charge < -0.3 is 10.1 Å². The average Bonchev–Trinajstić information content (AvgIpc) is 2.44. The number of ether oxygens (including phenoxy) is 1. The molecule has 0 saturated carbocycles. The first-order chi connectivity index (χ1) is 9.69. The Hall–Kier alpha value is -1.39. The number of nitrogens with zero attached hydrogens (tertiary/aromatic N) is 1. The van der Waals surface area contributed by atoms with Crippen LogP contribution >= 0.6 is 15.9 Å². The van der Waals surface area contributed by atoms with Crippen LogP contribution in [0.25, 0.3) is 0 Å². The third kappa shape index (κ3) is 4.32. The van der Waals surface area contributed by atoms with Gasteiger partial charge in [0, 0.05) is 34.5 Å². The van der Waals surface area contributed by atoms with E-state index >= 15 is 0 Å². The van der Waals surface area contributed by atoms with Crippen LogP contribution in [0.1, 0.15) is 23.6 Å². The minimum atomic E-state index is 0.537. The lowest BCUT2D eigenvalue weighted by Crippen LogP contribution is -2.13. The van der Waals surface area contributed by atoms with Crippen molar-refractivity contribution in [3.8, 4) is 5.75 Å². The minimum Gasteiger partial charge on any atom is -0.489 e. The van der Waals surface area contributed by atoms with Crippen molar-refractivity contribution in [1.29, 1.82) is 0 Å². The summed E-state index contributed by atoms with van der Waals surface area (Å²) in [5, 5.41) is 3.33. The van der Waals surface area contributed by atoms with E-state index in [1.807, 2.05) is 31.5 Å². The second kappa shape index (κ2) is 7.41. The van der Waals surface area contributed by atoms with E-state index in [1.165, 1.54) is 0 Å². The van der Waals surface area contributed by atoms with Gasteiger partial charge in [-0.2, -0.15) is 0 Å². The third-order valence-corrected chi connectivity index (χ3v) is 3.41. The molecule has 0 aliphatic heterocycles. The average molecular weight is 335 g/mol. The molecule has 0 saturated heterocycles. The second-order valence-electron chi connectivity index (χ2n) is 4.69. The summed E-state index contributed by atoms with van der Waals surface area (Å²) in [6, 6.07) is 8.18. The summed E-state index contributed by atoms with van der Waals surface area (Å²) in [5.74, 6) is 0.913. The summed E-state index contributed by atoms with van der Waals surface area (Å²) in [7, 11) is 0.